The topological polar surface area (TPSA) is 103 Å². The zero-order valence-corrected chi connectivity index (χ0v) is 15.4. The third kappa shape index (κ3) is 4.85. The molecule has 0 saturated carbocycles. The van der Waals surface area contributed by atoms with Gasteiger partial charge in [0.1, 0.15) is 17.1 Å². The predicted molar refractivity (Wildman–Crippen MR) is 95.1 cm³/mol. The van der Waals surface area contributed by atoms with Crippen LogP contribution in [0.2, 0.25) is 0 Å². The van der Waals surface area contributed by atoms with E-state index < -0.39 is 10.9 Å². The average molecular weight is 378 g/mol. The number of aryl methyl sites for hydroxylation is 1. The second-order valence-corrected chi connectivity index (χ2v) is 6.51. The summed E-state index contributed by atoms with van der Waals surface area (Å²) >= 11 is 1.29. The molecule has 0 radical (unpaired) electrons. The minimum Gasteiger partial charge on any atom is -0.465 e. The Morgan fingerprint density at radius 1 is 1.31 bits per heavy atom. The summed E-state index contributed by atoms with van der Waals surface area (Å²) in [6, 6.07) is 7.57. The molecule has 0 aliphatic rings. The SMILES string of the molecule is COC(=O)c1cc(CN(C)C(=O)CSc2ccc([N+](=O)[O-])cc2)oc1C. The van der Waals surface area contributed by atoms with Gasteiger partial charge in [0.2, 0.25) is 5.91 Å². The molecule has 26 heavy (non-hydrogen) atoms. The molecule has 0 aliphatic heterocycles. The fourth-order valence-electron chi connectivity index (χ4n) is 2.18. The van der Waals surface area contributed by atoms with Crippen molar-refractivity contribution in [3.05, 3.63) is 57.5 Å². The number of hydrogen-bond acceptors (Lipinski definition) is 7. The van der Waals surface area contributed by atoms with E-state index in [0.717, 1.165) is 4.90 Å². The van der Waals surface area contributed by atoms with Gasteiger partial charge >= 0.3 is 5.97 Å². The van der Waals surface area contributed by atoms with Gasteiger partial charge in [0.25, 0.3) is 5.69 Å². The van der Waals surface area contributed by atoms with E-state index in [2.05, 4.69) is 4.74 Å². The summed E-state index contributed by atoms with van der Waals surface area (Å²) in [4.78, 5) is 36.2. The maximum Gasteiger partial charge on any atom is 0.341 e. The molecule has 0 saturated heterocycles. The van der Waals surface area contributed by atoms with Gasteiger partial charge in [0.05, 0.1) is 24.3 Å². The number of carbonyl (C=O) groups excluding carboxylic acids is 2. The maximum absolute atomic E-state index is 12.2. The summed E-state index contributed by atoms with van der Waals surface area (Å²) in [7, 11) is 2.92. The number of furan rings is 1. The Labute approximate surface area is 154 Å². The Hall–Kier alpha value is -2.81. The summed E-state index contributed by atoms with van der Waals surface area (Å²) in [5, 5.41) is 10.6. The van der Waals surface area contributed by atoms with Crippen LogP contribution in [0.4, 0.5) is 5.69 Å². The van der Waals surface area contributed by atoms with Gasteiger partial charge in [-0.15, -0.1) is 11.8 Å². The van der Waals surface area contributed by atoms with Gasteiger partial charge in [-0.25, -0.2) is 4.79 Å². The standard InChI is InChI=1S/C17H18N2O6S/c1-11-15(17(21)24-3)8-13(25-11)9-18(2)16(20)10-26-14-6-4-12(5-7-14)19(22)23/h4-8H,9-10H2,1-3H3. The highest BCUT2D eigenvalue weighted by molar-refractivity contribution is 8.00. The van der Waals surface area contributed by atoms with E-state index in [1.165, 1.54) is 35.9 Å². The molecule has 0 fully saturated rings. The van der Waals surface area contributed by atoms with E-state index in [4.69, 9.17) is 4.42 Å². The van der Waals surface area contributed by atoms with E-state index in [-0.39, 0.29) is 23.9 Å². The van der Waals surface area contributed by atoms with Crippen molar-refractivity contribution in [2.75, 3.05) is 19.9 Å². The molecule has 1 heterocycles. The van der Waals surface area contributed by atoms with Crippen LogP contribution >= 0.6 is 11.8 Å². The van der Waals surface area contributed by atoms with Gasteiger partial charge in [-0.3, -0.25) is 14.9 Å². The Balaban J connectivity index is 1.91. The summed E-state index contributed by atoms with van der Waals surface area (Å²) < 4.78 is 10.2. The lowest BCUT2D eigenvalue weighted by Crippen LogP contribution is -2.27. The highest BCUT2D eigenvalue weighted by Crippen LogP contribution is 2.22. The number of non-ortho nitro benzene ring substituents is 1. The van der Waals surface area contributed by atoms with Crippen LogP contribution in [0, 0.1) is 17.0 Å². The minimum absolute atomic E-state index is 0.00685. The molecule has 0 unspecified atom stereocenters. The lowest BCUT2D eigenvalue weighted by atomic mass is 10.2. The first-order chi connectivity index (χ1) is 12.3. The Morgan fingerprint density at radius 2 is 1.96 bits per heavy atom. The lowest BCUT2D eigenvalue weighted by Gasteiger charge is -2.15. The molecule has 0 N–H and O–H groups in total. The van der Waals surface area contributed by atoms with Crippen LogP contribution in [0.5, 0.6) is 0 Å². The molecule has 2 rings (SSSR count). The monoisotopic (exact) mass is 378 g/mol. The van der Waals surface area contributed by atoms with Crippen LogP contribution in [-0.4, -0.2) is 41.6 Å². The molecule has 0 aliphatic carbocycles. The van der Waals surface area contributed by atoms with Crippen molar-refractivity contribution in [1.29, 1.82) is 0 Å². The number of rotatable bonds is 7. The lowest BCUT2D eigenvalue weighted by molar-refractivity contribution is -0.384. The van der Waals surface area contributed by atoms with E-state index in [0.29, 0.717) is 17.1 Å². The first-order valence-electron chi connectivity index (χ1n) is 7.60. The van der Waals surface area contributed by atoms with Crippen molar-refractivity contribution in [3.63, 3.8) is 0 Å². The summed E-state index contributed by atoms with van der Waals surface area (Å²) in [6.07, 6.45) is 0. The van der Waals surface area contributed by atoms with E-state index in [1.807, 2.05) is 0 Å². The summed E-state index contributed by atoms with van der Waals surface area (Å²) in [5.41, 5.74) is 0.344. The molecule has 138 valence electrons. The van der Waals surface area contributed by atoms with Crippen LogP contribution in [0.1, 0.15) is 21.9 Å². The van der Waals surface area contributed by atoms with E-state index in [1.54, 1.807) is 32.2 Å². The van der Waals surface area contributed by atoms with Gasteiger partial charge in [-0.2, -0.15) is 0 Å². The summed E-state index contributed by atoms with van der Waals surface area (Å²) in [5.74, 6) is 0.479. The molecular formula is C17H18N2O6S. The van der Waals surface area contributed by atoms with Crippen molar-refractivity contribution < 1.29 is 23.7 Å². The molecule has 0 bridgehead atoms. The fraction of sp³-hybridized carbons (Fsp3) is 0.294. The summed E-state index contributed by atoms with van der Waals surface area (Å²) in [6.45, 7) is 1.87. The number of ether oxygens (including phenoxy) is 1. The number of carbonyl (C=O) groups is 2. The predicted octanol–water partition coefficient (Wildman–Crippen LogP) is 3.03. The van der Waals surface area contributed by atoms with Gasteiger partial charge in [-0.05, 0) is 25.1 Å². The van der Waals surface area contributed by atoms with Crippen molar-refractivity contribution >= 4 is 29.3 Å². The highest BCUT2D eigenvalue weighted by atomic mass is 32.2. The molecule has 0 atom stereocenters. The van der Waals surface area contributed by atoms with Crippen molar-refractivity contribution in [2.45, 2.75) is 18.4 Å². The molecule has 1 aromatic heterocycles. The van der Waals surface area contributed by atoms with E-state index >= 15 is 0 Å². The Morgan fingerprint density at radius 3 is 2.54 bits per heavy atom. The van der Waals surface area contributed by atoms with Crippen LogP contribution in [-0.2, 0) is 16.1 Å². The Kier molecular flexibility index (Phi) is 6.40. The number of methoxy groups -OCH3 is 1. The maximum atomic E-state index is 12.2. The zero-order valence-electron chi connectivity index (χ0n) is 14.6. The Bertz CT molecular complexity index is 815. The van der Waals surface area contributed by atoms with Crippen LogP contribution in [0.3, 0.4) is 0 Å². The molecule has 1 aromatic carbocycles. The molecular weight excluding hydrogens is 360 g/mol. The number of nitro groups is 1. The normalized spacial score (nSPS) is 10.4. The number of amides is 1. The number of nitro benzene ring substituents is 1. The van der Waals surface area contributed by atoms with Crippen LogP contribution in [0.15, 0.2) is 39.6 Å². The third-order valence-corrected chi connectivity index (χ3v) is 4.60. The van der Waals surface area contributed by atoms with Crippen molar-refractivity contribution in [2.24, 2.45) is 0 Å². The van der Waals surface area contributed by atoms with Gasteiger partial charge in [0, 0.05) is 24.1 Å². The number of benzene rings is 1. The molecule has 0 spiro atoms. The number of nitrogens with zero attached hydrogens (tertiary/aromatic N) is 2. The smallest absolute Gasteiger partial charge is 0.341 e. The fourth-order valence-corrected chi connectivity index (χ4v) is 3.01. The average Bonchev–Trinajstić information content (AvgIpc) is 2.99. The van der Waals surface area contributed by atoms with Crippen molar-refractivity contribution in [1.82, 2.24) is 4.90 Å². The first-order valence-corrected chi connectivity index (χ1v) is 8.59. The molecule has 9 heteroatoms. The number of thioether (sulfide) groups is 1. The largest absolute Gasteiger partial charge is 0.465 e. The third-order valence-electron chi connectivity index (χ3n) is 3.60. The van der Waals surface area contributed by atoms with Gasteiger partial charge in [-0.1, -0.05) is 0 Å². The molecule has 8 nitrogen and oxygen atoms in total. The minimum atomic E-state index is -0.486. The van der Waals surface area contributed by atoms with Crippen LogP contribution in [0.25, 0.3) is 0 Å². The number of esters is 1. The first kappa shape index (κ1) is 19.5. The quantitative estimate of drug-likeness (QED) is 0.316. The second-order valence-electron chi connectivity index (χ2n) is 5.46. The second kappa shape index (κ2) is 8.52. The van der Waals surface area contributed by atoms with E-state index in [9.17, 15) is 19.7 Å². The van der Waals surface area contributed by atoms with Crippen molar-refractivity contribution in [3.8, 4) is 0 Å². The zero-order chi connectivity index (χ0) is 19.3. The van der Waals surface area contributed by atoms with Gasteiger partial charge in [0.15, 0.2) is 0 Å². The highest BCUT2D eigenvalue weighted by Gasteiger charge is 2.18. The van der Waals surface area contributed by atoms with Crippen LogP contribution < -0.4 is 0 Å². The van der Waals surface area contributed by atoms with Gasteiger partial charge < -0.3 is 14.1 Å². The number of hydrogen-bond donors (Lipinski definition) is 0. The molecule has 1 amide bonds. The molecule has 2 aromatic rings.